The lowest BCUT2D eigenvalue weighted by Gasteiger charge is -2.30. The van der Waals surface area contributed by atoms with Gasteiger partial charge in [0.1, 0.15) is 6.10 Å². The molecule has 108 valence electrons. The van der Waals surface area contributed by atoms with E-state index in [2.05, 4.69) is 16.9 Å². The summed E-state index contributed by atoms with van der Waals surface area (Å²) in [6, 6.07) is 0. The zero-order valence-electron chi connectivity index (χ0n) is 11.8. The summed E-state index contributed by atoms with van der Waals surface area (Å²) < 4.78 is 1.71. The number of rotatable bonds is 5. The second-order valence-corrected chi connectivity index (χ2v) is 7.61. The highest BCUT2D eigenvalue weighted by Crippen LogP contribution is 2.47. The van der Waals surface area contributed by atoms with Crippen LogP contribution in [-0.2, 0) is 6.54 Å². The zero-order valence-corrected chi connectivity index (χ0v) is 13.3. The van der Waals surface area contributed by atoms with Crippen molar-refractivity contribution >= 4 is 23.4 Å². The van der Waals surface area contributed by atoms with Crippen molar-refractivity contribution < 1.29 is 5.11 Å². The molecule has 6 heteroatoms. The van der Waals surface area contributed by atoms with Crippen LogP contribution in [0.3, 0.4) is 0 Å². The Morgan fingerprint density at radius 3 is 2.95 bits per heavy atom. The van der Waals surface area contributed by atoms with E-state index >= 15 is 0 Å². The van der Waals surface area contributed by atoms with Crippen molar-refractivity contribution in [2.75, 3.05) is 26.4 Å². The van der Waals surface area contributed by atoms with Crippen molar-refractivity contribution in [1.82, 2.24) is 14.7 Å². The lowest BCUT2D eigenvalue weighted by Crippen LogP contribution is -2.30. The molecule has 2 atom stereocenters. The maximum atomic E-state index is 10.7. The SMILES string of the molecule is CN(C)CCn1ncc(Cl)c1C(O)C1(C)CCCS1. The minimum absolute atomic E-state index is 0.139. The summed E-state index contributed by atoms with van der Waals surface area (Å²) in [5.41, 5.74) is 0.764. The monoisotopic (exact) mass is 303 g/mol. The number of aromatic nitrogens is 2. The van der Waals surface area contributed by atoms with Gasteiger partial charge in [-0.25, -0.2) is 0 Å². The van der Waals surface area contributed by atoms with Crippen LogP contribution < -0.4 is 0 Å². The Bertz CT molecular complexity index is 430. The number of halogens is 1. The van der Waals surface area contributed by atoms with Gasteiger partial charge in [0.05, 0.1) is 23.5 Å². The Kier molecular flexibility index (Phi) is 4.82. The van der Waals surface area contributed by atoms with Gasteiger partial charge in [0.25, 0.3) is 0 Å². The first kappa shape index (κ1) is 15.2. The van der Waals surface area contributed by atoms with Gasteiger partial charge in [-0.3, -0.25) is 4.68 Å². The minimum atomic E-state index is -0.558. The van der Waals surface area contributed by atoms with Crippen LogP contribution in [-0.4, -0.2) is 50.9 Å². The number of hydrogen-bond acceptors (Lipinski definition) is 4. The highest BCUT2D eigenvalue weighted by molar-refractivity contribution is 8.00. The van der Waals surface area contributed by atoms with Crippen LogP contribution >= 0.6 is 23.4 Å². The van der Waals surface area contributed by atoms with Crippen LogP contribution in [0.2, 0.25) is 5.02 Å². The van der Waals surface area contributed by atoms with E-state index in [1.165, 1.54) is 0 Å². The molecule has 0 saturated carbocycles. The second-order valence-electron chi connectivity index (χ2n) is 5.57. The van der Waals surface area contributed by atoms with Crippen molar-refractivity contribution in [3.8, 4) is 0 Å². The fraction of sp³-hybridized carbons (Fsp3) is 0.769. The van der Waals surface area contributed by atoms with Gasteiger partial charge in [-0.2, -0.15) is 16.9 Å². The molecule has 2 unspecified atom stereocenters. The molecule has 1 aromatic heterocycles. The summed E-state index contributed by atoms with van der Waals surface area (Å²) in [5.74, 6) is 1.11. The van der Waals surface area contributed by atoms with Crippen LogP contribution in [0.15, 0.2) is 6.20 Å². The van der Waals surface area contributed by atoms with E-state index in [1.807, 2.05) is 30.5 Å². The maximum Gasteiger partial charge on any atom is 0.111 e. The number of hydrogen-bond donors (Lipinski definition) is 1. The summed E-state index contributed by atoms with van der Waals surface area (Å²) in [6.45, 7) is 3.74. The average Bonchev–Trinajstić information content (AvgIpc) is 2.93. The maximum absolute atomic E-state index is 10.7. The number of likely N-dealkylation sites (N-methyl/N-ethyl adjacent to an activating group) is 1. The number of aliphatic hydroxyl groups is 1. The van der Waals surface area contributed by atoms with Gasteiger partial charge >= 0.3 is 0 Å². The van der Waals surface area contributed by atoms with Gasteiger partial charge in [-0.15, -0.1) is 0 Å². The van der Waals surface area contributed by atoms with Crippen LogP contribution in [0.25, 0.3) is 0 Å². The molecular formula is C13H22ClN3OS. The standard InChI is InChI=1S/C13H22ClN3OS/c1-13(5-4-8-19-13)12(18)11-10(14)9-15-17(11)7-6-16(2)3/h9,12,18H,4-8H2,1-3H3. The normalized spacial score (nSPS) is 25.2. The smallest absolute Gasteiger partial charge is 0.111 e. The van der Waals surface area contributed by atoms with Gasteiger partial charge < -0.3 is 10.0 Å². The van der Waals surface area contributed by atoms with E-state index in [0.717, 1.165) is 37.4 Å². The van der Waals surface area contributed by atoms with E-state index in [1.54, 1.807) is 6.20 Å². The third kappa shape index (κ3) is 3.27. The molecule has 1 saturated heterocycles. The molecule has 1 aliphatic heterocycles. The van der Waals surface area contributed by atoms with Crippen molar-refractivity contribution in [1.29, 1.82) is 0 Å². The van der Waals surface area contributed by atoms with Crippen molar-refractivity contribution in [3.05, 3.63) is 16.9 Å². The first-order chi connectivity index (χ1) is 8.94. The third-order valence-electron chi connectivity index (χ3n) is 3.68. The van der Waals surface area contributed by atoms with Gasteiger partial charge in [0.2, 0.25) is 0 Å². The molecular weight excluding hydrogens is 282 g/mol. The lowest BCUT2D eigenvalue weighted by molar-refractivity contribution is 0.124. The summed E-state index contributed by atoms with van der Waals surface area (Å²) in [4.78, 5) is 2.10. The molecule has 1 aromatic rings. The van der Waals surface area contributed by atoms with Crippen LogP contribution in [0.4, 0.5) is 0 Å². The number of nitrogens with zero attached hydrogens (tertiary/aromatic N) is 3. The Morgan fingerprint density at radius 2 is 2.37 bits per heavy atom. The Labute approximate surface area is 124 Å². The molecule has 0 aliphatic carbocycles. The van der Waals surface area contributed by atoms with Gasteiger partial charge in [0, 0.05) is 11.3 Å². The first-order valence-corrected chi connectivity index (χ1v) is 7.98. The van der Waals surface area contributed by atoms with Crippen molar-refractivity contribution in [2.24, 2.45) is 0 Å². The van der Waals surface area contributed by atoms with E-state index in [4.69, 9.17) is 11.6 Å². The largest absolute Gasteiger partial charge is 0.385 e. The molecule has 1 fully saturated rings. The number of thioether (sulfide) groups is 1. The average molecular weight is 304 g/mol. The summed E-state index contributed by atoms with van der Waals surface area (Å²) in [5, 5.41) is 15.6. The molecule has 0 bridgehead atoms. The van der Waals surface area contributed by atoms with E-state index in [-0.39, 0.29) is 4.75 Å². The summed E-state index contributed by atoms with van der Waals surface area (Å²) in [6.07, 6.45) is 3.26. The Hall–Kier alpha value is -0.230. The number of aliphatic hydroxyl groups excluding tert-OH is 1. The molecule has 0 radical (unpaired) electrons. The topological polar surface area (TPSA) is 41.3 Å². The molecule has 19 heavy (non-hydrogen) atoms. The molecule has 1 aliphatic rings. The minimum Gasteiger partial charge on any atom is -0.385 e. The van der Waals surface area contributed by atoms with Crippen LogP contribution in [0.1, 0.15) is 31.6 Å². The summed E-state index contributed by atoms with van der Waals surface area (Å²) >= 11 is 8.06. The summed E-state index contributed by atoms with van der Waals surface area (Å²) in [7, 11) is 4.05. The van der Waals surface area contributed by atoms with E-state index < -0.39 is 6.10 Å². The van der Waals surface area contributed by atoms with E-state index in [0.29, 0.717) is 5.02 Å². The van der Waals surface area contributed by atoms with Crippen LogP contribution in [0, 0.1) is 0 Å². The molecule has 0 aromatic carbocycles. The Morgan fingerprint density at radius 1 is 1.63 bits per heavy atom. The molecule has 0 spiro atoms. The quantitative estimate of drug-likeness (QED) is 0.907. The lowest BCUT2D eigenvalue weighted by atomic mass is 9.96. The van der Waals surface area contributed by atoms with Crippen molar-refractivity contribution in [2.45, 2.75) is 37.2 Å². The highest BCUT2D eigenvalue weighted by Gasteiger charge is 2.40. The third-order valence-corrected chi connectivity index (χ3v) is 5.55. The molecule has 0 amide bonds. The van der Waals surface area contributed by atoms with Crippen LogP contribution in [0.5, 0.6) is 0 Å². The van der Waals surface area contributed by atoms with Gasteiger partial charge in [-0.05, 0) is 39.6 Å². The van der Waals surface area contributed by atoms with E-state index in [9.17, 15) is 5.11 Å². The first-order valence-electron chi connectivity index (χ1n) is 6.62. The molecule has 1 N–H and O–H groups in total. The second kappa shape index (κ2) is 6.04. The predicted octanol–water partition coefficient (Wildman–Crippen LogP) is 2.42. The molecule has 2 rings (SSSR count). The highest BCUT2D eigenvalue weighted by atomic mass is 35.5. The fourth-order valence-electron chi connectivity index (χ4n) is 2.42. The Balaban J connectivity index is 2.20. The molecule has 4 nitrogen and oxygen atoms in total. The van der Waals surface area contributed by atoms with Crippen molar-refractivity contribution in [3.63, 3.8) is 0 Å². The van der Waals surface area contributed by atoms with Gasteiger partial charge in [0.15, 0.2) is 0 Å². The predicted molar refractivity (Wildman–Crippen MR) is 80.8 cm³/mol. The fourth-order valence-corrected chi connectivity index (χ4v) is 3.98. The zero-order chi connectivity index (χ0) is 14.0. The molecule has 2 heterocycles. The van der Waals surface area contributed by atoms with Gasteiger partial charge in [-0.1, -0.05) is 11.6 Å².